The Kier molecular flexibility index (Phi) is 2.99. The van der Waals surface area contributed by atoms with Crippen LogP contribution in [-0.2, 0) is 6.54 Å². The Morgan fingerprint density at radius 3 is 2.87 bits per heavy atom. The third-order valence-electron chi connectivity index (χ3n) is 2.09. The molecule has 2 aromatic rings. The fourth-order valence-corrected chi connectivity index (χ4v) is 1.61. The van der Waals surface area contributed by atoms with Crippen molar-refractivity contribution in [2.75, 3.05) is 0 Å². The van der Waals surface area contributed by atoms with Gasteiger partial charge >= 0.3 is 0 Å². The summed E-state index contributed by atoms with van der Waals surface area (Å²) in [5.74, 6) is 0. The van der Waals surface area contributed by atoms with Gasteiger partial charge in [-0.25, -0.2) is 4.98 Å². The van der Waals surface area contributed by atoms with Crippen molar-refractivity contribution in [3.05, 3.63) is 47.5 Å². The minimum Gasteiger partial charge on any atom is -0.386 e. The molecule has 0 amide bonds. The minimum absolute atomic E-state index is 0.351. The summed E-state index contributed by atoms with van der Waals surface area (Å²) in [6.07, 6.45) is 2.32. The molecular weight excluding hydrogens is 214 g/mol. The van der Waals surface area contributed by atoms with Gasteiger partial charge in [-0.15, -0.1) is 0 Å². The van der Waals surface area contributed by atoms with Gasteiger partial charge in [-0.2, -0.15) is 5.10 Å². The summed E-state index contributed by atoms with van der Waals surface area (Å²) in [6.45, 7) is 0.351. The molecule has 1 aromatic carbocycles. The molecular formula is C10H10ClN3O. The summed E-state index contributed by atoms with van der Waals surface area (Å²) in [4.78, 5) is 3.80. The summed E-state index contributed by atoms with van der Waals surface area (Å²) < 4.78 is 1.56. The predicted octanol–water partition coefficient (Wildman–Crippen LogP) is 1.67. The molecule has 0 saturated carbocycles. The van der Waals surface area contributed by atoms with Gasteiger partial charge in [0.05, 0.1) is 6.54 Å². The number of hydrogen-bond acceptors (Lipinski definition) is 3. The summed E-state index contributed by atoms with van der Waals surface area (Å²) in [7, 11) is 0. The van der Waals surface area contributed by atoms with Crippen molar-refractivity contribution < 1.29 is 5.11 Å². The third-order valence-corrected chi connectivity index (χ3v) is 2.44. The molecule has 1 unspecified atom stereocenters. The molecule has 1 atom stereocenters. The molecule has 4 nitrogen and oxygen atoms in total. The largest absolute Gasteiger partial charge is 0.386 e. The van der Waals surface area contributed by atoms with Crippen molar-refractivity contribution in [1.82, 2.24) is 14.8 Å². The van der Waals surface area contributed by atoms with E-state index in [9.17, 15) is 5.11 Å². The van der Waals surface area contributed by atoms with Gasteiger partial charge in [0, 0.05) is 10.6 Å². The van der Waals surface area contributed by atoms with Crippen LogP contribution >= 0.6 is 11.6 Å². The van der Waals surface area contributed by atoms with E-state index in [0.717, 1.165) is 0 Å². The normalized spacial score (nSPS) is 12.7. The Morgan fingerprint density at radius 2 is 2.20 bits per heavy atom. The second kappa shape index (κ2) is 4.42. The van der Waals surface area contributed by atoms with Gasteiger partial charge < -0.3 is 5.11 Å². The van der Waals surface area contributed by atoms with Crippen LogP contribution in [0.25, 0.3) is 0 Å². The van der Waals surface area contributed by atoms with Crippen LogP contribution < -0.4 is 0 Å². The van der Waals surface area contributed by atoms with Crippen molar-refractivity contribution in [3.8, 4) is 0 Å². The Bertz CT molecular complexity index is 430. The molecule has 1 heterocycles. The summed E-state index contributed by atoms with van der Waals surface area (Å²) >= 11 is 5.95. The quantitative estimate of drug-likeness (QED) is 0.861. The highest BCUT2D eigenvalue weighted by Gasteiger charge is 2.11. The smallest absolute Gasteiger partial charge is 0.137 e. The monoisotopic (exact) mass is 223 g/mol. The van der Waals surface area contributed by atoms with Crippen molar-refractivity contribution in [1.29, 1.82) is 0 Å². The number of aliphatic hydroxyl groups excluding tert-OH is 1. The number of rotatable bonds is 3. The molecule has 0 spiro atoms. The van der Waals surface area contributed by atoms with Crippen molar-refractivity contribution in [2.45, 2.75) is 12.6 Å². The van der Waals surface area contributed by atoms with Gasteiger partial charge in [0.2, 0.25) is 0 Å². The van der Waals surface area contributed by atoms with Crippen LogP contribution in [0.4, 0.5) is 0 Å². The fourth-order valence-electron chi connectivity index (χ4n) is 1.35. The Balaban J connectivity index is 2.15. The van der Waals surface area contributed by atoms with E-state index in [1.807, 2.05) is 12.1 Å². The first-order valence-corrected chi connectivity index (χ1v) is 4.90. The zero-order valence-electron chi connectivity index (χ0n) is 7.92. The molecule has 0 saturated heterocycles. The highest BCUT2D eigenvalue weighted by Crippen LogP contribution is 2.23. The average Bonchev–Trinajstić information content (AvgIpc) is 2.71. The third kappa shape index (κ3) is 2.34. The van der Waals surface area contributed by atoms with Crippen LogP contribution in [0.2, 0.25) is 5.02 Å². The molecule has 0 aliphatic heterocycles. The molecule has 15 heavy (non-hydrogen) atoms. The second-order valence-electron chi connectivity index (χ2n) is 3.15. The fraction of sp³-hybridized carbons (Fsp3) is 0.200. The first kappa shape index (κ1) is 10.1. The number of aromatic nitrogens is 3. The van der Waals surface area contributed by atoms with Gasteiger partial charge in [-0.1, -0.05) is 29.8 Å². The molecule has 0 aliphatic carbocycles. The first-order chi connectivity index (χ1) is 7.27. The highest BCUT2D eigenvalue weighted by atomic mass is 35.5. The molecule has 0 fully saturated rings. The lowest BCUT2D eigenvalue weighted by Crippen LogP contribution is -2.09. The maximum atomic E-state index is 9.90. The van der Waals surface area contributed by atoms with Gasteiger partial charge in [-0.3, -0.25) is 4.68 Å². The van der Waals surface area contributed by atoms with Crippen molar-refractivity contribution in [2.24, 2.45) is 0 Å². The number of halogens is 1. The highest BCUT2D eigenvalue weighted by molar-refractivity contribution is 6.31. The lowest BCUT2D eigenvalue weighted by molar-refractivity contribution is 0.151. The molecule has 0 bridgehead atoms. The van der Waals surface area contributed by atoms with Crippen LogP contribution in [0, 0.1) is 0 Å². The van der Waals surface area contributed by atoms with Crippen LogP contribution in [0.1, 0.15) is 11.7 Å². The molecule has 1 aromatic heterocycles. The number of nitrogens with zero attached hydrogens (tertiary/aromatic N) is 3. The van der Waals surface area contributed by atoms with Crippen LogP contribution in [0.15, 0.2) is 36.9 Å². The van der Waals surface area contributed by atoms with Gasteiger partial charge in [0.1, 0.15) is 18.8 Å². The SMILES string of the molecule is OC(Cn1cncn1)c1ccccc1Cl. The molecule has 2 rings (SSSR count). The zero-order chi connectivity index (χ0) is 10.7. The maximum Gasteiger partial charge on any atom is 0.137 e. The minimum atomic E-state index is -0.666. The standard InChI is InChI=1S/C10H10ClN3O/c11-9-4-2-1-3-8(9)10(15)5-14-7-12-6-13-14/h1-4,6-7,10,15H,5H2. The predicted molar refractivity (Wildman–Crippen MR) is 56.4 cm³/mol. The van der Waals surface area contributed by atoms with E-state index in [0.29, 0.717) is 17.1 Å². The molecule has 1 N–H and O–H groups in total. The lowest BCUT2D eigenvalue weighted by Gasteiger charge is -2.11. The van der Waals surface area contributed by atoms with Crippen molar-refractivity contribution >= 4 is 11.6 Å². The van der Waals surface area contributed by atoms with E-state index in [1.165, 1.54) is 6.33 Å². The number of aliphatic hydroxyl groups is 1. The van der Waals surface area contributed by atoms with Crippen LogP contribution in [0.3, 0.4) is 0 Å². The van der Waals surface area contributed by atoms with E-state index in [-0.39, 0.29) is 0 Å². The average molecular weight is 224 g/mol. The van der Waals surface area contributed by atoms with E-state index >= 15 is 0 Å². The van der Waals surface area contributed by atoms with E-state index in [1.54, 1.807) is 23.1 Å². The van der Waals surface area contributed by atoms with E-state index in [4.69, 9.17) is 11.6 Å². The topological polar surface area (TPSA) is 50.9 Å². The van der Waals surface area contributed by atoms with Crippen LogP contribution in [-0.4, -0.2) is 19.9 Å². The van der Waals surface area contributed by atoms with Gasteiger partial charge in [0.15, 0.2) is 0 Å². The van der Waals surface area contributed by atoms with Crippen molar-refractivity contribution in [3.63, 3.8) is 0 Å². The number of benzene rings is 1. The maximum absolute atomic E-state index is 9.90. The summed E-state index contributed by atoms with van der Waals surface area (Å²) in [5, 5.41) is 14.4. The van der Waals surface area contributed by atoms with Crippen LogP contribution in [0.5, 0.6) is 0 Å². The Hall–Kier alpha value is -1.39. The zero-order valence-corrected chi connectivity index (χ0v) is 8.67. The molecule has 0 aliphatic rings. The summed E-state index contributed by atoms with van der Waals surface area (Å²) in [6, 6.07) is 7.21. The molecule has 0 radical (unpaired) electrons. The summed E-state index contributed by atoms with van der Waals surface area (Å²) in [5.41, 5.74) is 0.703. The Labute approximate surface area is 92.1 Å². The Morgan fingerprint density at radius 1 is 1.40 bits per heavy atom. The molecule has 78 valence electrons. The first-order valence-electron chi connectivity index (χ1n) is 4.52. The molecule has 5 heteroatoms. The lowest BCUT2D eigenvalue weighted by atomic mass is 10.1. The number of hydrogen-bond donors (Lipinski definition) is 1. The van der Waals surface area contributed by atoms with E-state index < -0.39 is 6.10 Å². The van der Waals surface area contributed by atoms with Gasteiger partial charge in [-0.05, 0) is 6.07 Å². The van der Waals surface area contributed by atoms with E-state index in [2.05, 4.69) is 10.1 Å². The van der Waals surface area contributed by atoms with Gasteiger partial charge in [0.25, 0.3) is 0 Å². The second-order valence-corrected chi connectivity index (χ2v) is 3.56.